The normalized spacial score (nSPS) is 10.8. The van der Waals surface area contributed by atoms with E-state index < -0.39 is 5.76 Å². The molecule has 2 aromatic heterocycles. The number of para-hydroxylation sites is 1. The van der Waals surface area contributed by atoms with Crippen LogP contribution in [-0.2, 0) is 4.79 Å². The van der Waals surface area contributed by atoms with Gasteiger partial charge in [0, 0.05) is 40.8 Å². The van der Waals surface area contributed by atoms with Crippen molar-refractivity contribution in [1.82, 2.24) is 19.7 Å². The van der Waals surface area contributed by atoms with E-state index in [9.17, 15) is 13.6 Å². The molecular weight excluding hydrogens is 502 g/mol. The van der Waals surface area contributed by atoms with Gasteiger partial charge in [-0.15, -0.1) is 10.2 Å². The number of carbonyl (C=O) groups is 1. The van der Waals surface area contributed by atoms with E-state index in [0.717, 1.165) is 0 Å². The first kappa shape index (κ1) is 25.3. The van der Waals surface area contributed by atoms with Crippen LogP contribution in [-0.4, -0.2) is 43.7 Å². The van der Waals surface area contributed by atoms with Gasteiger partial charge in [-0.1, -0.05) is 41.7 Å². The molecule has 0 aliphatic carbocycles. The third kappa shape index (κ3) is 6.27. The van der Waals surface area contributed by atoms with E-state index in [2.05, 4.69) is 21.3 Å². The minimum atomic E-state index is -2.51. The summed E-state index contributed by atoms with van der Waals surface area (Å²) in [5.74, 6) is -2.12. The maximum atomic E-state index is 13.1. The molecular formula is C25H20F2N6OS2. The summed E-state index contributed by atoms with van der Waals surface area (Å²) in [5, 5.41) is 18.1. The SMILES string of the molecule is N#CCCN(C(=O)CSc1nnc(-c2cccnc2)n1-c1ccc(SC(F)F)cc1)c1ccccc1. The number of amides is 1. The number of aromatic nitrogens is 4. The van der Waals surface area contributed by atoms with Crippen molar-refractivity contribution in [2.24, 2.45) is 0 Å². The van der Waals surface area contributed by atoms with Crippen LogP contribution in [0, 0.1) is 11.3 Å². The molecule has 4 aromatic rings. The van der Waals surface area contributed by atoms with Gasteiger partial charge < -0.3 is 4.90 Å². The van der Waals surface area contributed by atoms with Crippen LogP contribution < -0.4 is 4.90 Å². The standard InChI is InChI=1S/C25H20F2N6OS2/c26-24(27)36-21-11-9-20(10-12-21)33-23(18-6-4-14-29-16-18)30-31-25(33)35-17-22(34)32(15-5-13-28)19-7-2-1-3-8-19/h1-4,6-12,14,16,24H,5,15,17H2. The molecule has 2 aromatic carbocycles. The molecule has 0 saturated carbocycles. The fourth-order valence-electron chi connectivity index (χ4n) is 3.43. The monoisotopic (exact) mass is 522 g/mol. The fourth-order valence-corrected chi connectivity index (χ4v) is 4.75. The Morgan fingerprint density at radius 3 is 2.50 bits per heavy atom. The van der Waals surface area contributed by atoms with E-state index in [-0.39, 0.29) is 24.6 Å². The van der Waals surface area contributed by atoms with Crippen LogP contribution in [0.2, 0.25) is 0 Å². The third-order valence-electron chi connectivity index (χ3n) is 5.01. The van der Waals surface area contributed by atoms with Gasteiger partial charge in [-0.3, -0.25) is 14.3 Å². The van der Waals surface area contributed by atoms with Crippen molar-refractivity contribution in [2.45, 2.75) is 22.2 Å². The van der Waals surface area contributed by atoms with Crippen LogP contribution in [0.1, 0.15) is 6.42 Å². The Hall–Kier alpha value is -3.75. The van der Waals surface area contributed by atoms with E-state index in [1.807, 2.05) is 36.4 Å². The van der Waals surface area contributed by atoms with Gasteiger partial charge in [0.05, 0.1) is 18.2 Å². The first-order valence-corrected chi connectivity index (χ1v) is 12.7. The summed E-state index contributed by atoms with van der Waals surface area (Å²) in [6.45, 7) is 0.275. The van der Waals surface area contributed by atoms with E-state index in [1.54, 1.807) is 52.2 Å². The summed E-state index contributed by atoms with van der Waals surface area (Å²) in [6, 6.07) is 21.5. The lowest BCUT2D eigenvalue weighted by atomic mass is 10.2. The van der Waals surface area contributed by atoms with Crippen molar-refractivity contribution >= 4 is 35.1 Å². The molecule has 0 N–H and O–H groups in total. The fraction of sp³-hybridized carbons (Fsp3) is 0.160. The summed E-state index contributed by atoms with van der Waals surface area (Å²) in [6.07, 6.45) is 3.50. The number of nitriles is 1. The maximum absolute atomic E-state index is 13.1. The van der Waals surface area contributed by atoms with Crippen LogP contribution in [0.25, 0.3) is 17.1 Å². The molecule has 2 heterocycles. The number of hydrogen-bond acceptors (Lipinski definition) is 7. The molecule has 36 heavy (non-hydrogen) atoms. The molecule has 0 fully saturated rings. The molecule has 182 valence electrons. The number of thioether (sulfide) groups is 2. The smallest absolute Gasteiger partial charge is 0.288 e. The third-order valence-corrected chi connectivity index (χ3v) is 6.65. The van der Waals surface area contributed by atoms with Crippen molar-refractivity contribution in [3.8, 4) is 23.1 Å². The average Bonchev–Trinajstić information content (AvgIpc) is 3.33. The minimum Gasteiger partial charge on any atom is -0.311 e. The molecule has 4 rings (SSSR count). The molecule has 0 saturated heterocycles. The number of alkyl halides is 2. The molecule has 0 spiro atoms. The number of anilines is 1. The predicted octanol–water partition coefficient (Wildman–Crippen LogP) is 5.68. The van der Waals surface area contributed by atoms with Crippen LogP contribution in [0.15, 0.2) is 89.2 Å². The highest BCUT2D eigenvalue weighted by Gasteiger charge is 2.21. The van der Waals surface area contributed by atoms with E-state index in [4.69, 9.17) is 5.26 Å². The van der Waals surface area contributed by atoms with Crippen molar-refractivity contribution in [1.29, 1.82) is 5.26 Å². The lowest BCUT2D eigenvalue weighted by Crippen LogP contribution is -2.33. The number of rotatable bonds is 10. The molecule has 1 amide bonds. The van der Waals surface area contributed by atoms with Gasteiger partial charge in [-0.2, -0.15) is 14.0 Å². The molecule has 0 aliphatic heterocycles. The molecule has 0 unspecified atom stereocenters. The zero-order chi connectivity index (χ0) is 25.3. The minimum absolute atomic E-state index is 0.0603. The van der Waals surface area contributed by atoms with Gasteiger partial charge in [-0.05, 0) is 48.5 Å². The predicted molar refractivity (Wildman–Crippen MR) is 136 cm³/mol. The van der Waals surface area contributed by atoms with Gasteiger partial charge in [-0.25, -0.2) is 0 Å². The Bertz CT molecular complexity index is 1330. The lowest BCUT2D eigenvalue weighted by Gasteiger charge is -2.21. The Kier molecular flexibility index (Phi) is 8.65. The summed E-state index contributed by atoms with van der Waals surface area (Å²) in [7, 11) is 0. The number of pyridine rings is 1. The van der Waals surface area contributed by atoms with Crippen molar-refractivity contribution in [3.05, 3.63) is 79.1 Å². The number of hydrogen-bond donors (Lipinski definition) is 0. The number of nitrogens with zero attached hydrogens (tertiary/aromatic N) is 6. The maximum Gasteiger partial charge on any atom is 0.288 e. The Balaban J connectivity index is 1.62. The van der Waals surface area contributed by atoms with Crippen molar-refractivity contribution in [2.75, 3.05) is 17.2 Å². The zero-order valence-electron chi connectivity index (χ0n) is 18.9. The lowest BCUT2D eigenvalue weighted by molar-refractivity contribution is -0.116. The molecule has 11 heteroatoms. The highest BCUT2D eigenvalue weighted by Crippen LogP contribution is 2.31. The highest BCUT2D eigenvalue weighted by atomic mass is 32.2. The molecule has 0 aliphatic rings. The summed E-state index contributed by atoms with van der Waals surface area (Å²) in [5.41, 5.74) is 2.09. The largest absolute Gasteiger partial charge is 0.311 e. The first-order valence-electron chi connectivity index (χ1n) is 10.8. The van der Waals surface area contributed by atoms with Crippen molar-refractivity contribution in [3.63, 3.8) is 0 Å². The van der Waals surface area contributed by atoms with Gasteiger partial charge in [0.2, 0.25) is 5.91 Å². The first-order chi connectivity index (χ1) is 17.6. The number of benzene rings is 2. The molecule has 0 atom stereocenters. The summed E-state index contributed by atoms with van der Waals surface area (Å²) < 4.78 is 27.3. The van der Waals surface area contributed by atoms with Gasteiger partial charge in [0.15, 0.2) is 11.0 Å². The quantitative estimate of drug-likeness (QED) is 0.248. The second-order valence-corrected chi connectivity index (χ2v) is 9.34. The van der Waals surface area contributed by atoms with E-state index in [1.165, 1.54) is 11.8 Å². The van der Waals surface area contributed by atoms with Crippen LogP contribution in [0.5, 0.6) is 0 Å². The number of carbonyl (C=O) groups excluding carboxylic acids is 1. The number of halogens is 2. The second kappa shape index (κ2) is 12.3. The van der Waals surface area contributed by atoms with E-state index in [0.29, 0.717) is 44.6 Å². The van der Waals surface area contributed by atoms with Crippen LogP contribution >= 0.6 is 23.5 Å². The van der Waals surface area contributed by atoms with Gasteiger partial charge in [0.25, 0.3) is 5.76 Å². The zero-order valence-corrected chi connectivity index (χ0v) is 20.5. The Morgan fingerprint density at radius 2 is 1.83 bits per heavy atom. The van der Waals surface area contributed by atoms with Crippen LogP contribution in [0.4, 0.5) is 14.5 Å². The summed E-state index contributed by atoms with van der Waals surface area (Å²) in [4.78, 5) is 19.3. The molecule has 7 nitrogen and oxygen atoms in total. The Labute approximate surface area is 215 Å². The highest BCUT2D eigenvalue weighted by molar-refractivity contribution is 8.00. The summed E-state index contributed by atoms with van der Waals surface area (Å²) >= 11 is 1.68. The van der Waals surface area contributed by atoms with Gasteiger partial charge in [0.1, 0.15) is 0 Å². The average molecular weight is 523 g/mol. The second-order valence-electron chi connectivity index (χ2n) is 7.33. The molecule has 0 radical (unpaired) electrons. The topological polar surface area (TPSA) is 87.7 Å². The van der Waals surface area contributed by atoms with E-state index >= 15 is 0 Å². The molecule has 0 bridgehead atoms. The Morgan fingerprint density at radius 1 is 1.06 bits per heavy atom. The van der Waals surface area contributed by atoms with Crippen molar-refractivity contribution < 1.29 is 13.6 Å². The van der Waals surface area contributed by atoms with Crippen LogP contribution in [0.3, 0.4) is 0 Å². The van der Waals surface area contributed by atoms with Gasteiger partial charge >= 0.3 is 0 Å².